The predicted molar refractivity (Wildman–Crippen MR) is 80.7 cm³/mol. The van der Waals surface area contributed by atoms with E-state index in [-0.39, 0.29) is 5.82 Å². The van der Waals surface area contributed by atoms with Crippen molar-refractivity contribution in [1.82, 2.24) is 9.97 Å². The summed E-state index contributed by atoms with van der Waals surface area (Å²) in [7, 11) is 0. The van der Waals surface area contributed by atoms with E-state index in [0.717, 1.165) is 40.7 Å². The van der Waals surface area contributed by atoms with Crippen LogP contribution in [-0.2, 0) is 6.42 Å². The van der Waals surface area contributed by atoms with Crippen molar-refractivity contribution in [3.05, 3.63) is 42.0 Å². The quantitative estimate of drug-likeness (QED) is 0.811. The largest absolute Gasteiger partial charge is 0.370 e. The Morgan fingerprint density at radius 1 is 1.25 bits per heavy atom. The van der Waals surface area contributed by atoms with Gasteiger partial charge in [-0.15, -0.1) is 0 Å². The third kappa shape index (κ3) is 3.70. The highest BCUT2D eigenvalue weighted by Gasteiger charge is 2.11. The molecule has 3 nitrogen and oxygen atoms in total. The van der Waals surface area contributed by atoms with Crippen LogP contribution in [0.4, 0.5) is 10.2 Å². The van der Waals surface area contributed by atoms with Crippen LogP contribution in [0.25, 0.3) is 0 Å². The van der Waals surface area contributed by atoms with Crippen LogP contribution < -0.4 is 5.32 Å². The number of nitrogens with zero attached hydrogens (tertiary/aromatic N) is 2. The lowest BCUT2D eigenvalue weighted by Gasteiger charge is -2.12. The molecule has 0 aliphatic heterocycles. The summed E-state index contributed by atoms with van der Waals surface area (Å²) in [6.45, 7) is 4.98. The van der Waals surface area contributed by atoms with Gasteiger partial charge >= 0.3 is 0 Å². The Balaban J connectivity index is 2.32. The van der Waals surface area contributed by atoms with Crippen molar-refractivity contribution in [2.24, 2.45) is 0 Å². The molecule has 1 aromatic carbocycles. The smallest absolute Gasteiger partial charge is 0.133 e. The maximum Gasteiger partial charge on any atom is 0.133 e. The highest BCUT2D eigenvalue weighted by molar-refractivity contribution is 7.99. The molecule has 1 heterocycles. The SMILES string of the molecule is CCCc1c(NCC)ncnc1Sc1cccc(F)c1. The van der Waals surface area contributed by atoms with Gasteiger partial charge in [0.25, 0.3) is 0 Å². The number of halogens is 1. The first kappa shape index (κ1) is 14.8. The zero-order chi connectivity index (χ0) is 14.4. The van der Waals surface area contributed by atoms with Crippen LogP contribution in [0.3, 0.4) is 0 Å². The minimum absolute atomic E-state index is 0.229. The standard InChI is InChI=1S/C15H18FN3S/c1-3-6-13-14(17-4-2)18-10-19-15(13)20-12-8-5-7-11(16)9-12/h5,7-10H,3-4,6H2,1-2H3,(H,17,18,19). The first-order valence-electron chi connectivity index (χ1n) is 6.75. The molecule has 5 heteroatoms. The normalized spacial score (nSPS) is 10.6. The second kappa shape index (κ2) is 7.24. The van der Waals surface area contributed by atoms with E-state index >= 15 is 0 Å². The Labute approximate surface area is 123 Å². The van der Waals surface area contributed by atoms with Gasteiger partial charge in [-0.2, -0.15) is 0 Å². The van der Waals surface area contributed by atoms with E-state index in [1.54, 1.807) is 12.4 Å². The molecule has 0 spiro atoms. The van der Waals surface area contributed by atoms with Gasteiger partial charge < -0.3 is 5.32 Å². The molecule has 0 saturated heterocycles. The highest BCUT2D eigenvalue weighted by Crippen LogP contribution is 2.32. The van der Waals surface area contributed by atoms with Crippen molar-refractivity contribution < 1.29 is 4.39 Å². The summed E-state index contributed by atoms with van der Waals surface area (Å²) >= 11 is 1.48. The summed E-state index contributed by atoms with van der Waals surface area (Å²) in [4.78, 5) is 9.50. The molecule has 1 aromatic heterocycles. The predicted octanol–water partition coefficient (Wildman–Crippen LogP) is 4.15. The molecule has 20 heavy (non-hydrogen) atoms. The summed E-state index contributed by atoms with van der Waals surface area (Å²) in [5.74, 6) is 0.649. The van der Waals surface area contributed by atoms with E-state index in [1.165, 1.54) is 23.9 Å². The average molecular weight is 291 g/mol. The fourth-order valence-electron chi connectivity index (χ4n) is 1.92. The second-order valence-corrected chi connectivity index (χ2v) is 5.41. The lowest BCUT2D eigenvalue weighted by molar-refractivity contribution is 0.624. The number of rotatable bonds is 6. The topological polar surface area (TPSA) is 37.8 Å². The van der Waals surface area contributed by atoms with Gasteiger partial charge in [-0.25, -0.2) is 14.4 Å². The molecule has 0 fully saturated rings. The Morgan fingerprint density at radius 2 is 2.10 bits per heavy atom. The number of anilines is 1. The molecule has 0 aliphatic carbocycles. The maximum absolute atomic E-state index is 13.3. The minimum atomic E-state index is -0.229. The van der Waals surface area contributed by atoms with Crippen LogP contribution in [0.15, 0.2) is 40.5 Å². The van der Waals surface area contributed by atoms with Crippen molar-refractivity contribution in [2.45, 2.75) is 36.6 Å². The molecule has 2 aromatic rings. The molecule has 106 valence electrons. The molecule has 0 bridgehead atoms. The van der Waals surface area contributed by atoms with Gasteiger partial charge in [0, 0.05) is 17.0 Å². The van der Waals surface area contributed by atoms with Gasteiger partial charge in [0.05, 0.1) is 0 Å². The van der Waals surface area contributed by atoms with Gasteiger partial charge in [-0.1, -0.05) is 31.2 Å². The van der Waals surface area contributed by atoms with Gasteiger partial charge in [0.1, 0.15) is 23.0 Å². The zero-order valence-electron chi connectivity index (χ0n) is 11.7. The number of hydrogen-bond donors (Lipinski definition) is 1. The first-order valence-corrected chi connectivity index (χ1v) is 7.57. The fourth-order valence-corrected chi connectivity index (χ4v) is 2.88. The summed E-state index contributed by atoms with van der Waals surface area (Å²) in [5.41, 5.74) is 1.10. The minimum Gasteiger partial charge on any atom is -0.370 e. The molecule has 0 atom stereocenters. The van der Waals surface area contributed by atoms with Crippen molar-refractivity contribution in [1.29, 1.82) is 0 Å². The Bertz CT molecular complexity index is 575. The molecule has 0 radical (unpaired) electrons. The van der Waals surface area contributed by atoms with Crippen molar-refractivity contribution in [3.63, 3.8) is 0 Å². The van der Waals surface area contributed by atoms with Crippen LogP contribution in [0.5, 0.6) is 0 Å². The van der Waals surface area contributed by atoms with E-state index in [9.17, 15) is 4.39 Å². The third-order valence-electron chi connectivity index (χ3n) is 2.76. The molecule has 0 saturated carbocycles. The van der Waals surface area contributed by atoms with E-state index in [1.807, 2.05) is 13.0 Å². The van der Waals surface area contributed by atoms with Crippen LogP contribution in [-0.4, -0.2) is 16.5 Å². The van der Waals surface area contributed by atoms with Crippen molar-refractivity contribution in [2.75, 3.05) is 11.9 Å². The number of nitrogens with one attached hydrogen (secondary N) is 1. The molecule has 0 unspecified atom stereocenters. The monoisotopic (exact) mass is 291 g/mol. The molecule has 2 rings (SSSR count). The lowest BCUT2D eigenvalue weighted by Crippen LogP contribution is -2.06. The Hall–Kier alpha value is -1.62. The molecular weight excluding hydrogens is 273 g/mol. The Morgan fingerprint density at radius 3 is 2.80 bits per heavy atom. The van der Waals surface area contributed by atoms with Gasteiger partial charge in [-0.3, -0.25) is 0 Å². The molecule has 1 N–H and O–H groups in total. The average Bonchev–Trinajstić information content (AvgIpc) is 2.43. The van der Waals surface area contributed by atoms with Crippen LogP contribution in [0, 0.1) is 5.82 Å². The zero-order valence-corrected chi connectivity index (χ0v) is 12.5. The lowest BCUT2D eigenvalue weighted by atomic mass is 10.2. The van der Waals surface area contributed by atoms with E-state index in [2.05, 4.69) is 22.2 Å². The summed E-state index contributed by atoms with van der Waals surface area (Å²) in [5, 5.41) is 4.15. The summed E-state index contributed by atoms with van der Waals surface area (Å²) in [6, 6.07) is 6.57. The summed E-state index contributed by atoms with van der Waals surface area (Å²) in [6.07, 6.45) is 3.47. The molecule has 0 aliphatic rings. The second-order valence-electron chi connectivity index (χ2n) is 4.35. The van der Waals surface area contributed by atoms with Crippen molar-refractivity contribution >= 4 is 17.6 Å². The van der Waals surface area contributed by atoms with Gasteiger partial charge in [0.2, 0.25) is 0 Å². The van der Waals surface area contributed by atoms with Gasteiger partial charge in [-0.05, 0) is 31.5 Å². The third-order valence-corrected chi connectivity index (χ3v) is 3.80. The van der Waals surface area contributed by atoms with Crippen LogP contribution in [0.2, 0.25) is 0 Å². The molecular formula is C15H18FN3S. The fraction of sp³-hybridized carbons (Fsp3) is 0.333. The Kier molecular flexibility index (Phi) is 5.35. The highest BCUT2D eigenvalue weighted by atomic mass is 32.2. The molecule has 0 amide bonds. The van der Waals surface area contributed by atoms with E-state index in [4.69, 9.17) is 0 Å². The van der Waals surface area contributed by atoms with E-state index < -0.39 is 0 Å². The number of hydrogen-bond acceptors (Lipinski definition) is 4. The van der Waals surface area contributed by atoms with Crippen LogP contribution >= 0.6 is 11.8 Å². The number of aromatic nitrogens is 2. The van der Waals surface area contributed by atoms with Gasteiger partial charge in [0.15, 0.2) is 0 Å². The maximum atomic E-state index is 13.3. The first-order chi connectivity index (χ1) is 9.74. The van der Waals surface area contributed by atoms with E-state index in [0.29, 0.717) is 0 Å². The van der Waals surface area contributed by atoms with Crippen LogP contribution in [0.1, 0.15) is 25.8 Å². The van der Waals surface area contributed by atoms with Crippen molar-refractivity contribution in [3.8, 4) is 0 Å². The summed E-state index contributed by atoms with van der Waals surface area (Å²) < 4.78 is 13.3. The number of benzene rings is 1.